The van der Waals surface area contributed by atoms with Gasteiger partial charge >= 0.3 is 0 Å². The van der Waals surface area contributed by atoms with Crippen molar-refractivity contribution in [3.05, 3.63) is 23.3 Å². The molecule has 2 aliphatic rings. The second-order valence-corrected chi connectivity index (χ2v) is 5.75. The van der Waals surface area contributed by atoms with Crippen molar-refractivity contribution >= 4 is 0 Å². The van der Waals surface area contributed by atoms with Crippen molar-refractivity contribution in [3.8, 4) is 0 Å². The quantitative estimate of drug-likeness (QED) is 0.542. The monoisotopic (exact) mass is 204 g/mol. The minimum absolute atomic E-state index is 0.764. The van der Waals surface area contributed by atoms with Crippen LogP contribution >= 0.6 is 0 Å². The molecule has 3 atom stereocenters. The van der Waals surface area contributed by atoms with E-state index < -0.39 is 0 Å². The third-order valence-corrected chi connectivity index (χ3v) is 4.65. The van der Waals surface area contributed by atoms with Crippen LogP contribution in [0.2, 0.25) is 0 Å². The van der Waals surface area contributed by atoms with Crippen molar-refractivity contribution in [2.75, 3.05) is 0 Å². The van der Waals surface area contributed by atoms with Crippen molar-refractivity contribution in [2.24, 2.45) is 17.8 Å². The van der Waals surface area contributed by atoms with E-state index in [9.17, 15) is 0 Å². The van der Waals surface area contributed by atoms with Crippen LogP contribution in [0.25, 0.3) is 0 Å². The maximum Gasteiger partial charge on any atom is -0.0171 e. The first-order valence-corrected chi connectivity index (χ1v) is 6.43. The molecule has 0 N–H and O–H groups in total. The van der Waals surface area contributed by atoms with E-state index >= 15 is 0 Å². The summed E-state index contributed by atoms with van der Waals surface area (Å²) in [5.74, 6) is 2.58. The van der Waals surface area contributed by atoms with Gasteiger partial charge in [0.05, 0.1) is 0 Å². The lowest BCUT2D eigenvalue weighted by Crippen LogP contribution is -2.08. The molecule has 0 aromatic carbocycles. The number of hydrogen-bond acceptors (Lipinski definition) is 0. The maximum atomic E-state index is 4.16. The molecule has 15 heavy (non-hydrogen) atoms. The van der Waals surface area contributed by atoms with Gasteiger partial charge in [-0.2, -0.15) is 0 Å². The molecule has 0 amide bonds. The molecule has 3 unspecified atom stereocenters. The predicted octanol–water partition coefficient (Wildman–Crippen LogP) is 4.73. The first-order valence-electron chi connectivity index (χ1n) is 6.43. The highest BCUT2D eigenvalue weighted by Gasteiger charge is 2.32. The average Bonchev–Trinajstić information content (AvgIpc) is 2.43. The second-order valence-electron chi connectivity index (χ2n) is 5.75. The van der Waals surface area contributed by atoms with E-state index in [4.69, 9.17) is 0 Å². The fraction of sp³-hybridized carbons (Fsp3) is 0.733. The van der Waals surface area contributed by atoms with Gasteiger partial charge in [0.15, 0.2) is 0 Å². The van der Waals surface area contributed by atoms with Gasteiger partial charge in [-0.15, -0.1) is 0 Å². The van der Waals surface area contributed by atoms with Gasteiger partial charge < -0.3 is 0 Å². The molecule has 84 valence electrons. The molecule has 0 nitrogen and oxygen atoms in total. The standard InChI is InChI=1S/C15H24/c1-10(2)13-7-5-11(3)14-8-6-12(4)15(14)9-13/h11,13-14H,1,5-9H2,2-4H3. The Morgan fingerprint density at radius 1 is 1.27 bits per heavy atom. The van der Waals surface area contributed by atoms with Crippen molar-refractivity contribution in [3.63, 3.8) is 0 Å². The molecule has 2 aliphatic carbocycles. The van der Waals surface area contributed by atoms with Crippen LogP contribution in [0.4, 0.5) is 0 Å². The topological polar surface area (TPSA) is 0 Å². The summed E-state index contributed by atoms with van der Waals surface area (Å²) in [6.45, 7) is 11.2. The molecule has 1 fully saturated rings. The van der Waals surface area contributed by atoms with Crippen molar-refractivity contribution < 1.29 is 0 Å². The molecule has 2 rings (SSSR count). The van der Waals surface area contributed by atoms with Crippen LogP contribution in [-0.4, -0.2) is 0 Å². The molecular formula is C15H24. The van der Waals surface area contributed by atoms with Crippen LogP contribution in [0.1, 0.15) is 52.9 Å². The predicted molar refractivity (Wildman–Crippen MR) is 66.7 cm³/mol. The molecule has 0 spiro atoms. The molecule has 0 aromatic heterocycles. The van der Waals surface area contributed by atoms with E-state index in [1.165, 1.54) is 37.7 Å². The zero-order valence-electron chi connectivity index (χ0n) is 10.5. The number of hydrogen-bond donors (Lipinski definition) is 0. The second kappa shape index (κ2) is 4.15. The first kappa shape index (κ1) is 11.0. The van der Waals surface area contributed by atoms with Gasteiger partial charge in [0, 0.05) is 0 Å². The summed E-state index contributed by atoms with van der Waals surface area (Å²) in [7, 11) is 0. The molecular weight excluding hydrogens is 180 g/mol. The van der Waals surface area contributed by atoms with E-state index in [2.05, 4.69) is 27.4 Å². The van der Waals surface area contributed by atoms with Crippen LogP contribution in [-0.2, 0) is 0 Å². The SMILES string of the molecule is C=C(C)C1CCC(C)C2CCC(C)=C2C1. The van der Waals surface area contributed by atoms with Crippen LogP contribution in [0, 0.1) is 17.8 Å². The average molecular weight is 204 g/mol. The van der Waals surface area contributed by atoms with Gasteiger partial charge in [-0.25, -0.2) is 0 Å². The van der Waals surface area contributed by atoms with E-state index in [-0.39, 0.29) is 0 Å². The maximum absolute atomic E-state index is 4.16. The third-order valence-electron chi connectivity index (χ3n) is 4.65. The van der Waals surface area contributed by atoms with Gasteiger partial charge in [-0.1, -0.05) is 30.2 Å². The van der Waals surface area contributed by atoms with Gasteiger partial charge in [-0.3, -0.25) is 0 Å². The lowest BCUT2D eigenvalue weighted by Gasteiger charge is -2.19. The minimum atomic E-state index is 0.764. The van der Waals surface area contributed by atoms with E-state index in [1.807, 2.05) is 0 Å². The van der Waals surface area contributed by atoms with Crippen LogP contribution in [0.3, 0.4) is 0 Å². The fourth-order valence-corrected chi connectivity index (χ4v) is 3.43. The van der Waals surface area contributed by atoms with E-state index in [0.717, 1.165) is 17.8 Å². The number of allylic oxidation sites excluding steroid dienone is 3. The Bertz CT molecular complexity index is 295. The summed E-state index contributed by atoms with van der Waals surface area (Å²) in [5, 5.41) is 0. The molecule has 0 saturated heterocycles. The summed E-state index contributed by atoms with van der Waals surface area (Å²) >= 11 is 0. The molecule has 0 heterocycles. The minimum Gasteiger partial charge on any atom is -0.0998 e. The summed E-state index contributed by atoms with van der Waals surface area (Å²) in [6, 6.07) is 0. The smallest absolute Gasteiger partial charge is 0.0171 e. The highest BCUT2D eigenvalue weighted by molar-refractivity contribution is 5.25. The lowest BCUT2D eigenvalue weighted by atomic mass is 9.86. The zero-order valence-corrected chi connectivity index (χ0v) is 10.5. The normalized spacial score (nSPS) is 36.3. The molecule has 0 aliphatic heterocycles. The van der Waals surface area contributed by atoms with E-state index in [0.29, 0.717) is 0 Å². The molecule has 0 aromatic rings. The number of fused-ring (bicyclic) bond motifs is 1. The Hall–Kier alpha value is -0.520. The molecule has 1 saturated carbocycles. The molecule has 0 bridgehead atoms. The van der Waals surface area contributed by atoms with Gasteiger partial charge in [0.2, 0.25) is 0 Å². The summed E-state index contributed by atoms with van der Waals surface area (Å²) < 4.78 is 0. The summed E-state index contributed by atoms with van der Waals surface area (Å²) in [5.41, 5.74) is 4.89. The Morgan fingerprint density at radius 3 is 2.67 bits per heavy atom. The van der Waals surface area contributed by atoms with E-state index in [1.54, 1.807) is 11.1 Å². The molecule has 0 heteroatoms. The van der Waals surface area contributed by atoms with Crippen molar-refractivity contribution in [1.29, 1.82) is 0 Å². The van der Waals surface area contributed by atoms with Crippen molar-refractivity contribution in [2.45, 2.75) is 52.9 Å². The fourth-order valence-electron chi connectivity index (χ4n) is 3.43. The highest BCUT2D eigenvalue weighted by Crippen LogP contribution is 2.46. The van der Waals surface area contributed by atoms with Gasteiger partial charge in [0.25, 0.3) is 0 Å². The van der Waals surface area contributed by atoms with Gasteiger partial charge in [0.1, 0.15) is 0 Å². The Morgan fingerprint density at radius 2 is 2.00 bits per heavy atom. The van der Waals surface area contributed by atoms with Gasteiger partial charge in [-0.05, 0) is 63.7 Å². The summed E-state index contributed by atoms with van der Waals surface area (Å²) in [4.78, 5) is 0. The largest absolute Gasteiger partial charge is 0.0998 e. The third kappa shape index (κ3) is 2.04. The Kier molecular flexibility index (Phi) is 3.04. The van der Waals surface area contributed by atoms with Crippen molar-refractivity contribution in [1.82, 2.24) is 0 Å². The van der Waals surface area contributed by atoms with Crippen LogP contribution in [0.15, 0.2) is 23.3 Å². The highest BCUT2D eigenvalue weighted by atomic mass is 14.4. The zero-order chi connectivity index (χ0) is 11.0. The molecule has 0 radical (unpaired) electrons. The van der Waals surface area contributed by atoms with Crippen LogP contribution in [0.5, 0.6) is 0 Å². The van der Waals surface area contributed by atoms with Crippen LogP contribution < -0.4 is 0 Å². The Balaban J connectivity index is 2.23. The Labute approximate surface area is 94.5 Å². The summed E-state index contributed by atoms with van der Waals surface area (Å²) in [6.07, 6.45) is 6.86. The first-order chi connectivity index (χ1) is 7.09. The number of rotatable bonds is 1. The lowest BCUT2D eigenvalue weighted by molar-refractivity contribution is 0.385.